The molecule has 1 N–H and O–H groups in total. The summed E-state index contributed by atoms with van der Waals surface area (Å²) in [5.74, 6) is 0. The second-order valence-electron chi connectivity index (χ2n) is 8.02. The Balaban J connectivity index is 1.21. The van der Waals surface area contributed by atoms with Gasteiger partial charge in [0.2, 0.25) is 0 Å². The number of H-pyrrole nitrogens is 1. The molecule has 0 amide bonds. The number of unbranched alkanes of at least 4 members (excludes halogenated alkanes) is 2. The number of halogens is 3. The van der Waals surface area contributed by atoms with E-state index >= 15 is 0 Å². The molecule has 0 bridgehead atoms. The van der Waals surface area contributed by atoms with Crippen LogP contribution >= 0.6 is 11.3 Å². The first-order valence-corrected chi connectivity index (χ1v) is 11.6. The molecule has 0 unspecified atom stereocenters. The van der Waals surface area contributed by atoms with Crippen LogP contribution in [0.25, 0.3) is 10.9 Å². The maximum Gasteiger partial charge on any atom is 0.416 e. The van der Waals surface area contributed by atoms with E-state index in [0.717, 1.165) is 45.0 Å². The zero-order valence-electron chi connectivity index (χ0n) is 17.5. The molecule has 172 valence electrons. The first-order chi connectivity index (χ1) is 15.3. The smallest absolute Gasteiger partial charge is 0.369 e. The Hall–Kier alpha value is -2.59. The number of aromatic amines is 1. The molecular formula is C22H25F3N4O2S. The van der Waals surface area contributed by atoms with E-state index in [1.54, 1.807) is 16.8 Å². The van der Waals surface area contributed by atoms with E-state index in [2.05, 4.69) is 9.88 Å². The lowest BCUT2D eigenvalue weighted by molar-refractivity contribution is -0.137. The van der Waals surface area contributed by atoms with Gasteiger partial charge in [0.15, 0.2) is 0 Å². The van der Waals surface area contributed by atoms with Gasteiger partial charge in [-0.15, -0.1) is 11.3 Å². The quantitative estimate of drug-likeness (QED) is 0.539. The van der Waals surface area contributed by atoms with Crippen molar-refractivity contribution in [1.82, 2.24) is 14.5 Å². The van der Waals surface area contributed by atoms with Crippen molar-refractivity contribution in [3.05, 3.63) is 61.4 Å². The van der Waals surface area contributed by atoms with Gasteiger partial charge in [0.1, 0.15) is 0 Å². The number of nitrogens with zero attached hydrogens (tertiary/aromatic N) is 3. The van der Waals surface area contributed by atoms with Crippen LogP contribution in [-0.2, 0) is 12.7 Å². The Morgan fingerprint density at radius 1 is 0.969 bits per heavy atom. The average molecular weight is 467 g/mol. The first-order valence-electron chi connectivity index (χ1n) is 10.7. The number of hydrogen-bond donors (Lipinski definition) is 1. The molecule has 1 aliphatic heterocycles. The van der Waals surface area contributed by atoms with Crippen LogP contribution in [-0.4, -0.2) is 47.2 Å². The highest BCUT2D eigenvalue weighted by Crippen LogP contribution is 2.31. The summed E-state index contributed by atoms with van der Waals surface area (Å²) in [4.78, 5) is 31.6. The van der Waals surface area contributed by atoms with Gasteiger partial charge in [-0.25, -0.2) is 4.79 Å². The molecule has 0 radical (unpaired) electrons. The maximum atomic E-state index is 12.9. The van der Waals surface area contributed by atoms with Crippen molar-refractivity contribution in [2.75, 3.05) is 37.6 Å². The van der Waals surface area contributed by atoms with E-state index in [4.69, 9.17) is 0 Å². The molecule has 0 aliphatic carbocycles. The average Bonchev–Trinajstić information content (AvgIpc) is 3.24. The van der Waals surface area contributed by atoms with E-state index in [-0.39, 0.29) is 11.2 Å². The number of benzene rings is 1. The van der Waals surface area contributed by atoms with Crippen LogP contribution in [0.4, 0.5) is 18.9 Å². The van der Waals surface area contributed by atoms with Crippen molar-refractivity contribution in [2.45, 2.75) is 32.0 Å². The predicted octanol–water partition coefficient (Wildman–Crippen LogP) is 3.76. The summed E-state index contributed by atoms with van der Waals surface area (Å²) in [7, 11) is 0. The standard InChI is InChI=1S/C22H25F3N4O2S/c23-22(24,25)16-5-4-6-17(13-16)28-11-9-27(10-12-28)7-2-1-3-8-29-20(30)18-14-32-15-19(18)26-21(29)31/h4-6,13-15H,1-3,7-12H2,(H,26,31). The van der Waals surface area contributed by atoms with Crippen LogP contribution < -0.4 is 16.1 Å². The lowest BCUT2D eigenvalue weighted by atomic mass is 10.1. The third-order valence-corrected chi connectivity index (χ3v) is 6.63. The van der Waals surface area contributed by atoms with Crippen LogP contribution in [0, 0.1) is 0 Å². The number of rotatable bonds is 7. The van der Waals surface area contributed by atoms with Crippen LogP contribution in [0.3, 0.4) is 0 Å². The lowest BCUT2D eigenvalue weighted by Crippen LogP contribution is -2.46. The normalized spacial score (nSPS) is 15.5. The summed E-state index contributed by atoms with van der Waals surface area (Å²) in [6.07, 6.45) is -1.76. The Labute approximate surface area is 186 Å². The number of piperazine rings is 1. The van der Waals surface area contributed by atoms with Gasteiger partial charge >= 0.3 is 11.9 Å². The monoisotopic (exact) mass is 466 g/mol. The SMILES string of the molecule is O=c1[nH]c2cscc2c(=O)n1CCCCCN1CCN(c2cccc(C(F)(F)F)c2)CC1. The molecular weight excluding hydrogens is 441 g/mol. The van der Waals surface area contributed by atoms with Crippen molar-refractivity contribution in [2.24, 2.45) is 0 Å². The molecule has 32 heavy (non-hydrogen) atoms. The van der Waals surface area contributed by atoms with Crippen molar-refractivity contribution >= 4 is 27.9 Å². The minimum absolute atomic E-state index is 0.240. The number of aromatic nitrogens is 2. The fourth-order valence-electron chi connectivity index (χ4n) is 4.07. The van der Waals surface area contributed by atoms with E-state index in [9.17, 15) is 22.8 Å². The Kier molecular flexibility index (Phi) is 6.71. The highest BCUT2D eigenvalue weighted by molar-refractivity contribution is 7.09. The molecule has 3 aromatic rings. The number of hydrogen-bond acceptors (Lipinski definition) is 5. The molecule has 10 heteroatoms. The second-order valence-corrected chi connectivity index (χ2v) is 8.77. The molecule has 1 fully saturated rings. The molecule has 1 aromatic carbocycles. The molecule has 3 heterocycles. The van der Waals surface area contributed by atoms with Crippen LogP contribution in [0.2, 0.25) is 0 Å². The van der Waals surface area contributed by atoms with Crippen LogP contribution in [0.5, 0.6) is 0 Å². The number of thiophene rings is 1. The summed E-state index contributed by atoms with van der Waals surface area (Å²) < 4.78 is 40.1. The van der Waals surface area contributed by atoms with Gasteiger partial charge in [-0.3, -0.25) is 14.3 Å². The van der Waals surface area contributed by atoms with Crippen LogP contribution in [0.15, 0.2) is 44.6 Å². The van der Waals surface area contributed by atoms with Gasteiger partial charge in [0.25, 0.3) is 5.56 Å². The molecule has 6 nitrogen and oxygen atoms in total. The van der Waals surface area contributed by atoms with Gasteiger partial charge < -0.3 is 9.88 Å². The summed E-state index contributed by atoms with van der Waals surface area (Å²) >= 11 is 1.39. The number of fused-ring (bicyclic) bond motifs is 1. The minimum Gasteiger partial charge on any atom is -0.369 e. The van der Waals surface area contributed by atoms with Crippen LogP contribution in [0.1, 0.15) is 24.8 Å². The van der Waals surface area contributed by atoms with Crippen molar-refractivity contribution in [1.29, 1.82) is 0 Å². The van der Waals surface area contributed by atoms with E-state index in [0.29, 0.717) is 36.2 Å². The summed E-state index contributed by atoms with van der Waals surface area (Å²) in [5.41, 5.74) is -0.0286. The number of anilines is 1. The van der Waals surface area contributed by atoms with Crippen molar-refractivity contribution < 1.29 is 13.2 Å². The summed E-state index contributed by atoms with van der Waals surface area (Å²) in [6, 6.07) is 5.49. The lowest BCUT2D eigenvalue weighted by Gasteiger charge is -2.36. The molecule has 0 spiro atoms. The van der Waals surface area contributed by atoms with Crippen molar-refractivity contribution in [3.63, 3.8) is 0 Å². The number of alkyl halides is 3. The molecule has 4 rings (SSSR count). The molecule has 0 saturated carbocycles. The van der Waals surface area contributed by atoms with Gasteiger partial charge in [0.05, 0.1) is 16.5 Å². The summed E-state index contributed by atoms with van der Waals surface area (Å²) in [5, 5.41) is 4.06. The van der Waals surface area contributed by atoms with Gasteiger partial charge in [-0.05, 0) is 37.6 Å². The van der Waals surface area contributed by atoms with Gasteiger partial charge in [-0.2, -0.15) is 13.2 Å². The van der Waals surface area contributed by atoms with Gasteiger partial charge in [-0.1, -0.05) is 12.5 Å². The first kappa shape index (κ1) is 22.6. The Morgan fingerprint density at radius 3 is 2.47 bits per heavy atom. The number of nitrogens with one attached hydrogen (secondary N) is 1. The Bertz CT molecular complexity index is 1180. The fraction of sp³-hybridized carbons (Fsp3) is 0.455. The maximum absolute atomic E-state index is 12.9. The third kappa shape index (κ3) is 5.07. The summed E-state index contributed by atoms with van der Waals surface area (Å²) in [6.45, 7) is 4.25. The zero-order valence-corrected chi connectivity index (χ0v) is 18.3. The topological polar surface area (TPSA) is 61.3 Å². The largest absolute Gasteiger partial charge is 0.416 e. The predicted molar refractivity (Wildman–Crippen MR) is 121 cm³/mol. The minimum atomic E-state index is -4.33. The van der Waals surface area contributed by atoms with E-state index in [1.165, 1.54) is 28.0 Å². The van der Waals surface area contributed by atoms with Crippen molar-refractivity contribution in [3.8, 4) is 0 Å². The van der Waals surface area contributed by atoms with Gasteiger partial charge in [0, 0.05) is 49.2 Å². The highest BCUT2D eigenvalue weighted by Gasteiger charge is 2.31. The molecule has 0 atom stereocenters. The zero-order chi connectivity index (χ0) is 22.7. The fourth-order valence-corrected chi connectivity index (χ4v) is 4.83. The van der Waals surface area contributed by atoms with E-state index < -0.39 is 11.7 Å². The second kappa shape index (κ2) is 9.50. The van der Waals surface area contributed by atoms with E-state index in [1.807, 2.05) is 4.90 Å². The highest BCUT2D eigenvalue weighted by atomic mass is 32.1. The third-order valence-electron chi connectivity index (χ3n) is 5.89. The Morgan fingerprint density at radius 2 is 1.72 bits per heavy atom. The molecule has 1 aliphatic rings. The molecule has 2 aromatic heterocycles. The molecule has 1 saturated heterocycles.